The lowest BCUT2D eigenvalue weighted by atomic mass is 9.95. The maximum absolute atomic E-state index is 13.2. The average molecular weight is 476 g/mol. The van der Waals surface area contributed by atoms with Crippen molar-refractivity contribution in [1.29, 1.82) is 0 Å². The van der Waals surface area contributed by atoms with Crippen molar-refractivity contribution < 1.29 is 13.2 Å². The van der Waals surface area contributed by atoms with E-state index >= 15 is 0 Å². The van der Waals surface area contributed by atoms with Crippen molar-refractivity contribution in [2.45, 2.75) is 63.6 Å². The summed E-state index contributed by atoms with van der Waals surface area (Å²) < 4.78 is 27.8. The Kier molecular flexibility index (Phi) is 7.09. The van der Waals surface area contributed by atoms with Crippen LogP contribution in [0.5, 0.6) is 0 Å². The van der Waals surface area contributed by atoms with Gasteiger partial charge < -0.3 is 4.90 Å². The molecule has 2 fully saturated rings. The minimum absolute atomic E-state index is 0.0274. The van der Waals surface area contributed by atoms with E-state index in [0.717, 1.165) is 6.42 Å². The summed E-state index contributed by atoms with van der Waals surface area (Å²) in [5.74, 6) is 0.674. The summed E-state index contributed by atoms with van der Waals surface area (Å²) in [6.07, 6.45) is 2.06. The molecule has 168 valence electrons. The molecule has 2 atom stereocenters. The van der Waals surface area contributed by atoms with E-state index in [1.165, 1.54) is 10.4 Å². The van der Waals surface area contributed by atoms with Crippen LogP contribution in [0.4, 0.5) is 0 Å². The van der Waals surface area contributed by atoms with Crippen LogP contribution in [-0.2, 0) is 14.8 Å². The average Bonchev–Trinajstić information content (AvgIpc) is 2.96. The highest BCUT2D eigenvalue weighted by molar-refractivity contribution is 7.89. The third kappa shape index (κ3) is 4.24. The standard InChI is InChI=1S/C21H31Cl2N3O3S/c1-5-15(4)13-26-20(27)19(14(2)3)24-21(26)9-11-25(12-10-21)30(28,29)17-8-6-7-16(22)18(17)23/h6-8,14-15,19,24H,5,9-13H2,1-4H3/t15-,19-/m1/s1. The first kappa shape index (κ1) is 23.8. The van der Waals surface area contributed by atoms with Gasteiger partial charge in [0.15, 0.2) is 0 Å². The summed E-state index contributed by atoms with van der Waals surface area (Å²) in [6.45, 7) is 9.64. The van der Waals surface area contributed by atoms with Crippen molar-refractivity contribution in [3.05, 3.63) is 28.2 Å². The van der Waals surface area contributed by atoms with Crippen LogP contribution in [0.15, 0.2) is 23.1 Å². The van der Waals surface area contributed by atoms with E-state index in [9.17, 15) is 13.2 Å². The minimum Gasteiger partial charge on any atom is -0.323 e. The lowest BCUT2D eigenvalue weighted by molar-refractivity contribution is -0.134. The number of sulfonamides is 1. The van der Waals surface area contributed by atoms with Gasteiger partial charge in [-0.15, -0.1) is 0 Å². The Morgan fingerprint density at radius 3 is 2.40 bits per heavy atom. The highest BCUT2D eigenvalue weighted by Crippen LogP contribution is 2.38. The second-order valence-corrected chi connectivity index (χ2v) is 11.5. The van der Waals surface area contributed by atoms with Crippen molar-refractivity contribution in [3.8, 4) is 0 Å². The number of hydrogen-bond donors (Lipinski definition) is 1. The maximum Gasteiger partial charge on any atom is 0.244 e. The highest BCUT2D eigenvalue weighted by Gasteiger charge is 2.53. The Labute approximate surface area is 189 Å². The monoisotopic (exact) mass is 475 g/mol. The number of hydrogen-bond acceptors (Lipinski definition) is 4. The Balaban J connectivity index is 1.84. The van der Waals surface area contributed by atoms with Gasteiger partial charge in [-0.2, -0.15) is 4.31 Å². The molecule has 0 saturated carbocycles. The van der Waals surface area contributed by atoms with Gasteiger partial charge in [0.1, 0.15) is 4.90 Å². The SMILES string of the molecule is CC[C@@H](C)CN1C(=O)[C@@H](C(C)C)NC12CCN(S(=O)(=O)c1cccc(Cl)c1Cl)CC2. The van der Waals surface area contributed by atoms with Gasteiger partial charge in [0.25, 0.3) is 0 Å². The van der Waals surface area contributed by atoms with Gasteiger partial charge in [-0.05, 0) is 36.8 Å². The van der Waals surface area contributed by atoms with Gasteiger partial charge >= 0.3 is 0 Å². The van der Waals surface area contributed by atoms with Crippen LogP contribution in [0.2, 0.25) is 10.0 Å². The summed E-state index contributed by atoms with van der Waals surface area (Å²) in [5.41, 5.74) is -0.500. The molecule has 0 aliphatic carbocycles. The van der Waals surface area contributed by atoms with Gasteiger partial charge in [-0.3, -0.25) is 10.1 Å². The van der Waals surface area contributed by atoms with Gasteiger partial charge in [0, 0.05) is 19.6 Å². The molecule has 2 aliphatic heterocycles. The molecular formula is C21H31Cl2N3O3S. The number of nitrogens with zero attached hydrogens (tertiary/aromatic N) is 2. The van der Waals surface area contributed by atoms with E-state index in [2.05, 4.69) is 19.2 Å². The molecule has 3 rings (SSSR count). The summed E-state index contributed by atoms with van der Waals surface area (Å²) in [6, 6.07) is 4.40. The molecule has 2 aliphatic rings. The van der Waals surface area contributed by atoms with Crippen molar-refractivity contribution in [2.24, 2.45) is 11.8 Å². The second-order valence-electron chi connectivity index (χ2n) is 8.82. The lowest BCUT2D eigenvalue weighted by Crippen LogP contribution is -2.60. The Bertz CT molecular complexity index is 899. The normalized spacial score (nSPS) is 23.5. The zero-order valence-electron chi connectivity index (χ0n) is 18.0. The number of nitrogens with one attached hydrogen (secondary N) is 1. The molecular weight excluding hydrogens is 445 g/mol. The first-order chi connectivity index (χ1) is 14.0. The fourth-order valence-electron chi connectivity index (χ4n) is 4.30. The third-order valence-electron chi connectivity index (χ3n) is 6.41. The van der Waals surface area contributed by atoms with E-state index in [1.54, 1.807) is 12.1 Å². The molecule has 6 nitrogen and oxygen atoms in total. The summed E-state index contributed by atoms with van der Waals surface area (Å²) in [4.78, 5) is 15.2. The topological polar surface area (TPSA) is 69.7 Å². The molecule has 0 aromatic heterocycles. The number of amides is 1. The van der Waals surface area contributed by atoms with Crippen molar-refractivity contribution in [2.75, 3.05) is 19.6 Å². The quantitative estimate of drug-likeness (QED) is 0.675. The van der Waals surface area contributed by atoms with Crippen molar-refractivity contribution in [1.82, 2.24) is 14.5 Å². The number of rotatable bonds is 6. The zero-order chi connectivity index (χ0) is 22.3. The van der Waals surface area contributed by atoms with Crippen molar-refractivity contribution in [3.63, 3.8) is 0 Å². The fraction of sp³-hybridized carbons (Fsp3) is 0.667. The van der Waals surface area contributed by atoms with Crippen LogP contribution in [0, 0.1) is 11.8 Å². The molecule has 1 spiro atoms. The molecule has 0 bridgehead atoms. The van der Waals surface area contributed by atoms with Gasteiger partial charge in [-0.1, -0.05) is 63.4 Å². The second kappa shape index (κ2) is 8.94. The number of benzene rings is 1. The molecule has 1 aromatic carbocycles. The van der Waals surface area contributed by atoms with E-state index in [4.69, 9.17) is 23.2 Å². The zero-order valence-corrected chi connectivity index (χ0v) is 20.3. The first-order valence-electron chi connectivity index (χ1n) is 10.6. The number of carbonyl (C=O) groups is 1. The molecule has 0 unspecified atom stereocenters. The predicted octanol–water partition coefficient (Wildman–Crippen LogP) is 3.98. The van der Waals surface area contributed by atoms with Gasteiger partial charge in [-0.25, -0.2) is 8.42 Å². The van der Waals surface area contributed by atoms with Crippen LogP contribution in [0.3, 0.4) is 0 Å². The predicted molar refractivity (Wildman–Crippen MR) is 120 cm³/mol. The Morgan fingerprint density at radius 1 is 1.20 bits per heavy atom. The number of halogens is 2. The highest BCUT2D eigenvalue weighted by atomic mass is 35.5. The molecule has 2 heterocycles. The maximum atomic E-state index is 13.2. The molecule has 9 heteroatoms. The molecule has 30 heavy (non-hydrogen) atoms. The molecule has 1 aromatic rings. The smallest absolute Gasteiger partial charge is 0.244 e. The van der Waals surface area contributed by atoms with E-state index < -0.39 is 15.7 Å². The van der Waals surface area contributed by atoms with E-state index in [0.29, 0.717) is 38.4 Å². The van der Waals surface area contributed by atoms with E-state index in [-0.39, 0.29) is 32.8 Å². The minimum atomic E-state index is -3.76. The lowest BCUT2D eigenvalue weighted by Gasteiger charge is -2.45. The molecule has 1 amide bonds. The molecule has 1 N–H and O–H groups in total. The number of carbonyl (C=O) groups excluding carboxylic acids is 1. The van der Waals surface area contributed by atoms with E-state index in [1.807, 2.05) is 18.7 Å². The Morgan fingerprint density at radius 2 is 1.83 bits per heavy atom. The fourth-order valence-corrected chi connectivity index (χ4v) is 6.48. The van der Waals surface area contributed by atoms with Crippen LogP contribution in [0.25, 0.3) is 0 Å². The molecule has 0 radical (unpaired) electrons. The van der Waals surface area contributed by atoms with Crippen LogP contribution in [0.1, 0.15) is 47.0 Å². The number of piperidine rings is 1. The first-order valence-corrected chi connectivity index (χ1v) is 12.8. The van der Waals surface area contributed by atoms with Crippen LogP contribution >= 0.6 is 23.2 Å². The summed E-state index contributed by atoms with van der Waals surface area (Å²) >= 11 is 12.2. The Hall–Kier alpha value is -0.860. The van der Waals surface area contributed by atoms with Gasteiger partial charge in [0.05, 0.1) is 21.7 Å². The van der Waals surface area contributed by atoms with Crippen molar-refractivity contribution >= 4 is 39.1 Å². The van der Waals surface area contributed by atoms with Crippen LogP contribution < -0.4 is 5.32 Å². The molecule has 2 saturated heterocycles. The van der Waals surface area contributed by atoms with Gasteiger partial charge in [0.2, 0.25) is 15.9 Å². The summed E-state index contributed by atoms with van der Waals surface area (Å²) in [5, 5.41) is 3.84. The third-order valence-corrected chi connectivity index (χ3v) is 9.29. The largest absolute Gasteiger partial charge is 0.323 e. The van der Waals surface area contributed by atoms with Crippen LogP contribution in [-0.4, -0.2) is 54.9 Å². The summed E-state index contributed by atoms with van der Waals surface area (Å²) in [7, 11) is -3.76.